The second-order valence-electron chi connectivity index (χ2n) is 5.36. The molecule has 0 bridgehead atoms. The molecule has 0 aliphatic carbocycles. The Hall–Kier alpha value is -1.74. The van der Waals surface area contributed by atoms with E-state index < -0.39 is 11.6 Å². The van der Waals surface area contributed by atoms with Crippen molar-refractivity contribution in [2.45, 2.75) is 32.7 Å². The van der Waals surface area contributed by atoms with Gasteiger partial charge in [0.25, 0.3) is 0 Å². The average Bonchev–Trinajstić information content (AvgIpc) is 2.45. The van der Waals surface area contributed by atoms with Crippen molar-refractivity contribution in [3.05, 3.63) is 70.8 Å². The summed E-state index contributed by atoms with van der Waals surface area (Å²) in [4.78, 5) is 0. The van der Waals surface area contributed by atoms with Crippen molar-refractivity contribution in [2.75, 3.05) is 6.54 Å². The zero-order valence-corrected chi connectivity index (χ0v) is 12.5. The minimum Gasteiger partial charge on any atom is -0.310 e. The Morgan fingerprint density at radius 1 is 1.10 bits per heavy atom. The molecule has 0 heterocycles. The number of rotatable bonds is 6. The van der Waals surface area contributed by atoms with Gasteiger partial charge in [-0.3, -0.25) is 0 Å². The van der Waals surface area contributed by atoms with E-state index in [1.807, 2.05) is 25.1 Å². The normalized spacial score (nSPS) is 12.4. The molecular formula is C18H21F2N. The highest BCUT2D eigenvalue weighted by Gasteiger charge is 2.14. The quantitative estimate of drug-likeness (QED) is 0.822. The maximum Gasteiger partial charge on any atom is 0.129 e. The van der Waals surface area contributed by atoms with Crippen LogP contribution >= 0.6 is 0 Å². The molecule has 0 saturated heterocycles. The lowest BCUT2D eigenvalue weighted by atomic mass is 9.97. The lowest BCUT2D eigenvalue weighted by Gasteiger charge is -2.20. The summed E-state index contributed by atoms with van der Waals surface area (Å²) < 4.78 is 26.9. The number of hydrogen-bond donors (Lipinski definition) is 1. The molecule has 1 nitrogen and oxygen atoms in total. The summed E-state index contributed by atoms with van der Waals surface area (Å²) in [6, 6.07) is 12.0. The van der Waals surface area contributed by atoms with Gasteiger partial charge in [-0.2, -0.15) is 0 Å². The Morgan fingerprint density at radius 3 is 2.57 bits per heavy atom. The minimum atomic E-state index is -0.537. The van der Waals surface area contributed by atoms with Crippen LogP contribution in [-0.2, 0) is 6.42 Å². The van der Waals surface area contributed by atoms with Crippen LogP contribution in [0.1, 0.15) is 36.1 Å². The van der Waals surface area contributed by atoms with Crippen LogP contribution in [0.5, 0.6) is 0 Å². The molecular weight excluding hydrogens is 268 g/mol. The SMILES string of the molecule is CCCNC(Cc1ccc(F)cc1F)c1cccc(C)c1. The summed E-state index contributed by atoms with van der Waals surface area (Å²) in [7, 11) is 0. The van der Waals surface area contributed by atoms with Crippen molar-refractivity contribution in [1.29, 1.82) is 0 Å². The maximum absolute atomic E-state index is 13.9. The fraction of sp³-hybridized carbons (Fsp3) is 0.333. The summed E-state index contributed by atoms with van der Waals surface area (Å²) in [6.07, 6.45) is 1.52. The molecule has 1 N–H and O–H groups in total. The Bertz CT molecular complexity index is 596. The molecule has 21 heavy (non-hydrogen) atoms. The summed E-state index contributed by atoms with van der Waals surface area (Å²) in [5, 5.41) is 3.44. The van der Waals surface area contributed by atoms with Crippen LogP contribution in [0, 0.1) is 18.6 Å². The molecule has 0 saturated carbocycles. The van der Waals surface area contributed by atoms with Crippen LogP contribution < -0.4 is 5.32 Å². The van der Waals surface area contributed by atoms with E-state index in [0.29, 0.717) is 12.0 Å². The topological polar surface area (TPSA) is 12.0 Å². The Labute approximate surface area is 125 Å². The first-order valence-electron chi connectivity index (χ1n) is 7.34. The first kappa shape index (κ1) is 15.6. The van der Waals surface area contributed by atoms with Crippen molar-refractivity contribution in [3.8, 4) is 0 Å². The van der Waals surface area contributed by atoms with Gasteiger partial charge < -0.3 is 5.32 Å². The third kappa shape index (κ3) is 4.36. The molecule has 112 valence electrons. The highest BCUT2D eigenvalue weighted by atomic mass is 19.1. The van der Waals surface area contributed by atoms with Crippen molar-refractivity contribution >= 4 is 0 Å². The van der Waals surface area contributed by atoms with Gasteiger partial charge in [0, 0.05) is 12.1 Å². The standard InChI is InChI=1S/C18H21F2N/c1-3-9-21-18(15-6-4-5-13(2)10-15)11-14-7-8-16(19)12-17(14)20/h4-8,10,12,18,21H,3,9,11H2,1-2H3. The lowest BCUT2D eigenvalue weighted by molar-refractivity contribution is 0.508. The fourth-order valence-corrected chi connectivity index (χ4v) is 2.42. The molecule has 0 radical (unpaired) electrons. The van der Waals surface area contributed by atoms with Gasteiger partial charge in [-0.25, -0.2) is 8.78 Å². The first-order chi connectivity index (χ1) is 10.1. The number of halogens is 2. The van der Waals surface area contributed by atoms with Crippen molar-refractivity contribution < 1.29 is 8.78 Å². The molecule has 2 aromatic carbocycles. The lowest BCUT2D eigenvalue weighted by Crippen LogP contribution is -2.24. The summed E-state index contributed by atoms with van der Waals surface area (Å²) in [5.41, 5.74) is 2.84. The molecule has 0 fully saturated rings. The fourth-order valence-electron chi connectivity index (χ4n) is 2.42. The molecule has 0 amide bonds. The van der Waals surface area contributed by atoms with Gasteiger partial charge >= 0.3 is 0 Å². The predicted octanol–water partition coefficient (Wildman–Crippen LogP) is 4.56. The average molecular weight is 289 g/mol. The number of nitrogens with one attached hydrogen (secondary N) is 1. The molecule has 3 heteroatoms. The number of aryl methyl sites for hydroxylation is 1. The van der Waals surface area contributed by atoms with Crippen molar-refractivity contribution in [3.63, 3.8) is 0 Å². The van der Waals surface area contributed by atoms with Gasteiger partial charge in [0.2, 0.25) is 0 Å². The van der Waals surface area contributed by atoms with Crippen LogP contribution in [0.15, 0.2) is 42.5 Å². The molecule has 0 aromatic heterocycles. The van der Waals surface area contributed by atoms with Crippen LogP contribution in [0.4, 0.5) is 8.78 Å². The highest BCUT2D eigenvalue weighted by molar-refractivity contribution is 5.28. The summed E-state index contributed by atoms with van der Waals surface area (Å²) in [5.74, 6) is -1.02. The van der Waals surface area contributed by atoms with E-state index in [9.17, 15) is 8.78 Å². The van der Waals surface area contributed by atoms with Crippen LogP contribution in [-0.4, -0.2) is 6.54 Å². The number of hydrogen-bond acceptors (Lipinski definition) is 1. The zero-order valence-electron chi connectivity index (χ0n) is 12.5. The molecule has 1 unspecified atom stereocenters. The Morgan fingerprint density at radius 2 is 1.90 bits per heavy atom. The van der Waals surface area contributed by atoms with E-state index in [4.69, 9.17) is 0 Å². The van der Waals surface area contributed by atoms with Crippen LogP contribution in [0.25, 0.3) is 0 Å². The molecule has 0 aliphatic rings. The van der Waals surface area contributed by atoms with E-state index in [-0.39, 0.29) is 6.04 Å². The minimum absolute atomic E-state index is 0.0322. The smallest absolute Gasteiger partial charge is 0.129 e. The molecule has 2 aromatic rings. The van der Waals surface area contributed by atoms with Crippen molar-refractivity contribution in [2.24, 2.45) is 0 Å². The third-order valence-electron chi connectivity index (χ3n) is 3.52. The van der Waals surface area contributed by atoms with E-state index in [0.717, 1.165) is 24.6 Å². The molecule has 0 aliphatic heterocycles. The van der Waals surface area contributed by atoms with E-state index >= 15 is 0 Å². The third-order valence-corrected chi connectivity index (χ3v) is 3.52. The maximum atomic E-state index is 13.9. The zero-order chi connectivity index (χ0) is 15.2. The van der Waals surface area contributed by atoms with Gasteiger partial charge in [0.1, 0.15) is 11.6 Å². The van der Waals surface area contributed by atoms with Gasteiger partial charge in [-0.05, 0) is 43.5 Å². The predicted molar refractivity (Wildman–Crippen MR) is 82.3 cm³/mol. The van der Waals surface area contributed by atoms with E-state index in [1.54, 1.807) is 0 Å². The van der Waals surface area contributed by atoms with Gasteiger partial charge in [-0.1, -0.05) is 42.8 Å². The Balaban J connectivity index is 2.23. The monoisotopic (exact) mass is 289 g/mol. The molecule has 1 atom stereocenters. The van der Waals surface area contributed by atoms with Crippen LogP contribution in [0.3, 0.4) is 0 Å². The second kappa shape index (κ2) is 7.32. The summed E-state index contributed by atoms with van der Waals surface area (Å²) in [6.45, 7) is 5.00. The second-order valence-corrected chi connectivity index (χ2v) is 5.36. The highest BCUT2D eigenvalue weighted by Crippen LogP contribution is 2.21. The van der Waals surface area contributed by atoms with Crippen LogP contribution in [0.2, 0.25) is 0 Å². The van der Waals surface area contributed by atoms with Gasteiger partial charge in [-0.15, -0.1) is 0 Å². The van der Waals surface area contributed by atoms with E-state index in [1.165, 1.54) is 17.7 Å². The van der Waals surface area contributed by atoms with Gasteiger partial charge in [0.05, 0.1) is 0 Å². The van der Waals surface area contributed by atoms with E-state index in [2.05, 4.69) is 18.3 Å². The first-order valence-corrected chi connectivity index (χ1v) is 7.34. The Kier molecular flexibility index (Phi) is 5.45. The van der Waals surface area contributed by atoms with Gasteiger partial charge in [0.15, 0.2) is 0 Å². The summed E-state index contributed by atoms with van der Waals surface area (Å²) >= 11 is 0. The molecule has 0 spiro atoms. The largest absolute Gasteiger partial charge is 0.310 e. The van der Waals surface area contributed by atoms with Crippen molar-refractivity contribution in [1.82, 2.24) is 5.32 Å². The molecule has 2 rings (SSSR count). The number of benzene rings is 2.